The maximum Gasteiger partial charge on any atom is 0.251 e. The molecule has 170 valence electrons. The zero-order chi connectivity index (χ0) is 23.7. The smallest absolute Gasteiger partial charge is 0.251 e. The molecule has 3 unspecified atom stereocenters. The minimum absolute atomic E-state index is 0.233. The van der Waals surface area contributed by atoms with Crippen LogP contribution in [0.5, 0.6) is 0 Å². The van der Waals surface area contributed by atoms with E-state index in [-0.39, 0.29) is 22.9 Å². The van der Waals surface area contributed by atoms with Crippen LogP contribution in [0.25, 0.3) is 0 Å². The third kappa shape index (κ3) is 4.57. The molecule has 2 aliphatic rings. The summed E-state index contributed by atoms with van der Waals surface area (Å²) in [6.07, 6.45) is 7.67. The first-order valence-electron chi connectivity index (χ1n) is 10.8. The molecule has 5 rings (SSSR count). The lowest BCUT2D eigenvalue weighted by Crippen LogP contribution is -2.32. The predicted molar refractivity (Wildman–Crippen MR) is 134 cm³/mol. The SMILES string of the molecule is O=C(NCc1cccc(Cl)c1)c1ccc2c(c1)N=C(c1ccc(F)cc1)C1C=CC=CC1[S+]2[O-]. The third-order valence-electron chi connectivity index (χ3n) is 5.81. The molecule has 1 amide bonds. The maximum absolute atomic E-state index is 13.6. The fraction of sp³-hybridized carbons (Fsp3) is 0.111. The van der Waals surface area contributed by atoms with Crippen molar-refractivity contribution in [3.8, 4) is 0 Å². The maximum atomic E-state index is 13.6. The van der Waals surface area contributed by atoms with Gasteiger partial charge in [0, 0.05) is 17.1 Å². The Bertz CT molecular complexity index is 1340. The van der Waals surface area contributed by atoms with Crippen molar-refractivity contribution in [2.45, 2.75) is 16.7 Å². The van der Waals surface area contributed by atoms with Crippen LogP contribution in [0, 0.1) is 11.7 Å². The first-order chi connectivity index (χ1) is 16.5. The number of nitrogens with zero attached hydrogens (tertiary/aromatic N) is 1. The average Bonchev–Trinajstić information content (AvgIpc) is 2.97. The number of carbonyl (C=O) groups excluding carboxylic acids is 1. The van der Waals surface area contributed by atoms with Gasteiger partial charge in [0.25, 0.3) is 5.91 Å². The number of rotatable bonds is 4. The number of benzene rings is 3. The zero-order valence-corrected chi connectivity index (χ0v) is 19.5. The van der Waals surface area contributed by atoms with E-state index >= 15 is 0 Å². The van der Waals surface area contributed by atoms with Gasteiger partial charge < -0.3 is 9.87 Å². The van der Waals surface area contributed by atoms with E-state index in [0.717, 1.165) is 11.1 Å². The Morgan fingerprint density at radius 1 is 1.06 bits per heavy atom. The molecule has 3 aromatic carbocycles. The predicted octanol–water partition coefficient (Wildman–Crippen LogP) is 5.76. The van der Waals surface area contributed by atoms with Crippen LogP contribution in [0.2, 0.25) is 5.02 Å². The van der Waals surface area contributed by atoms with Crippen molar-refractivity contribution >= 4 is 40.1 Å². The van der Waals surface area contributed by atoms with Crippen LogP contribution in [-0.4, -0.2) is 21.4 Å². The lowest BCUT2D eigenvalue weighted by molar-refractivity contribution is 0.0951. The average molecular weight is 491 g/mol. The van der Waals surface area contributed by atoms with E-state index in [2.05, 4.69) is 5.32 Å². The fourth-order valence-corrected chi connectivity index (χ4v) is 5.85. The molecule has 0 bridgehead atoms. The summed E-state index contributed by atoms with van der Waals surface area (Å²) in [5, 5.41) is 3.18. The van der Waals surface area contributed by atoms with Gasteiger partial charge in [-0.3, -0.25) is 4.79 Å². The topological polar surface area (TPSA) is 64.5 Å². The second-order valence-electron chi connectivity index (χ2n) is 8.06. The normalized spacial score (nSPS) is 20.7. The van der Waals surface area contributed by atoms with E-state index in [9.17, 15) is 13.7 Å². The number of hydrogen-bond donors (Lipinski definition) is 1. The first-order valence-corrected chi connectivity index (χ1v) is 12.4. The standard InChI is InChI=1S/C27H20ClFN2O2S/c28-20-5-3-4-17(14-20)16-30-27(32)19-10-13-25-23(15-19)31-26(18-8-11-21(29)12-9-18)22-6-1-2-7-24(22)34(25)33/h1-15,22,24H,16H2,(H,30,32). The van der Waals surface area contributed by atoms with Crippen molar-refractivity contribution in [1.82, 2.24) is 5.32 Å². The lowest BCUT2D eigenvalue weighted by atomic mass is 9.90. The van der Waals surface area contributed by atoms with Gasteiger partial charge in [-0.05, 0) is 70.8 Å². The van der Waals surface area contributed by atoms with Gasteiger partial charge in [0.05, 0.1) is 11.6 Å². The number of amides is 1. The van der Waals surface area contributed by atoms with Crippen molar-refractivity contribution in [2.24, 2.45) is 10.9 Å². The van der Waals surface area contributed by atoms with Gasteiger partial charge in [0.1, 0.15) is 11.5 Å². The fourth-order valence-electron chi connectivity index (χ4n) is 4.11. The highest BCUT2D eigenvalue weighted by Crippen LogP contribution is 2.38. The van der Waals surface area contributed by atoms with Crippen LogP contribution >= 0.6 is 11.6 Å². The molecule has 3 aromatic rings. The summed E-state index contributed by atoms with van der Waals surface area (Å²) in [5.74, 6) is -0.839. The minimum atomic E-state index is -1.38. The van der Waals surface area contributed by atoms with E-state index in [1.165, 1.54) is 12.1 Å². The van der Waals surface area contributed by atoms with E-state index in [1.807, 2.05) is 36.4 Å². The second kappa shape index (κ2) is 9.58. The molecule has 7 heteroatoms. The van der Waals surface area contributed by atoms with Gasteiger partial charge in [-0.15, -0.1) is 0 Å². The van der Waals surface area contributed by atoms with E-state index in [4.69, 9.17) is 16.6 Å². The molecule has 0 radical (unpaired) electrons. The van der Waals surface area contributed by atoms with E-state index in [0.29, 0.717) is 33.4 Å². The molecule has 0 saturated carbocycles. The van der Waals surface area contributed by atoms with Crippen LogP contribution in [0.3, 0.4) is 0 Å². The van der Waals surface area contributed by atoms with E-state index < -0.39 is 11.2 Å². The van der Waals surface area contributed by atoms with Crippen LogP contribution < -0.4 is 5.32 Å². The number of carbonyl (C=O) groups is 1. The summed E-state index contributed by atoms with van der Waals surface area (Å²) in [4.78, 5) is 18.3. The lowest BCUT2D eigenvalue weighted by Gasteiger charge is -2.25. The van der Waals surface area contributed by atoms with Crippen LogP contribution in [-0.2, 0) is 17.7 Å². The number of hydrogen-bond acceptors (Lipinski definition) is 3. The highest BCUT2D eigenvalue weighted by molar-refractivity contribution is 7.92. The zero-order valence-electron chi connectivity index (χ0n) is 17.9. The van der Waals surface area contributed by atoms with Crippen molar-refractivity contribution < 1.29 is 13.7 Å². The summed E-state index contributed by atoms with van der Waals surface area (Å²) < 4.78 is 27.1. The number of aliphatic imine (C=N–C) groups is 1. The summed E-state index contributed by atoms with van der Waals surface area (Å²) in [5.41, 5.74) is 3.21. The Hall–Kier alpha value is -3.19. The Balaban J connectivity index is 1.50. The molecule has 0 saturated heterocycles. The monoisotopic (exact) mass is 490 g/mol. The largest absolute Gasteiger partial charge is 0.611 e. The van der Waals surface area contributed by atoms with Gasteiger partial charge in [-0.25, -0.2) is 9.38 Å². The second-order valence-corrected chi connectivity index (χ2v) is 10.1. The van der Waals surface area contributed by atoms with Gasteiger partial charge >= 0.3 is 0 Å². The minimum Gasteiger partial charge on any atom is -0.611 e. The van der Waals surface area contributed by atoms with Gasteiger partial charge in [-0.2, -0.15) is 0 Å². The number of fused-ring (bicyclic) bond motifs is 2. The summed E-state index contributed by atoms with van der Waals surface area (Å²) in [6, 6.07) is 18.4. The molecule has 3 atom stereocenters. The van der Waals surface area contributed by atoms with Crippen molar-refractivity contribution in [3.05, 3.63) is 119 Å². The highest BCUT2D eigenvalue weighted by Gasteiger charge is 2.39. The van der Waals surface area contributed by atoms with Crippen molar-refractivity contribution in [1.29, 1.82) is 0 Å². The number of nitrogens with one attached hydrogen (secondary N) is 1. The quantitative estimate of drug-likeness (QED) is 0.472. The molecule has 1 heterocycles. The van der Waals surface area contributed by atoms with Crippen molar-refractivity contribution in [3.63, 3.8) is 0 Å². The molecule has 0 aromatic heterocycles. The van der Waals surface area contributed by atoms with Gasteiger partial charge in [0.2, 0.25) is 0 Å². The molecule has 1 aliphatic carbocycles. The molecule has 0 fully saturated rings. The van der Waals surface area contributed by atoms with Crippen molar-refractivity contribution in [2.75, 3.05) is 0 Å². The first kappa shape index (κ1) is 22.6. The summed E-state index contributed by atoms with van der Waals surface area (Å²) in [7, 11) is 0. The molecule has 1 aliphatic heterocycles. The number of halogens is 2. The van der Waals surface area contributed by atoms with Gasteiger partial charge in [0.15, 0.2) is 10.1 Å². The summed E-state index contributed by atoms with van der Waals surface area (Å²) in [6.45, 7) is 0.326. The Kier molecular flexibility index (Phi) is 6.37. The Morgan fingerprint density at radius 2 is 1.85 bits per heavy atom. The molecule has 1 N–H and O–H groups in total. The van der Waals surface area contributed by atoms with E-state index in [1.54, 1.807) is 42.5 Å². The highest BCUT2D eigenvalue weighted by atomic mass is 35.5. The molecular formula is C27H20ClFN2O2S. The van der Waals surface area contributed by atoms with Crippen LogP contribution in [0.15, 0.2) is 101 Å². The number of allylic oxidation sites excluding steroid dienone is 3. The van der Waals surface area contributed by atoms with Gasteiger partial charge in [-0.1, -0.05) is 54.1 Å². The van der Waals surface area contributed by atoms with Crippen LogP contribution in [0.4, 0.5) is 10.1 Å². The Morgan fingerprint density at radius 3 is 2.65 bits per heavy atom. The molecule has 4 nitrogen and oxygen atoms in total. The molecule has 34 heavy (non-hydrogen) atoms. The molecule has 0 spiro atoms. The van der Waals surface area contributed by atoms with Crippen LogP contribution in [0.1, 0.15) is 21.5 Å². The Labute approximate surface area is 205 Å². The summed E-state index contributed by atoms with van der Waals surface area (Å²) >= 11 is 4.65. The molecular weight excluding hydrogens is 471 g/mol. The third-order valence-corrected chi connectivity index (χ3v) is 7.77.